The van der Waals surface area contributed by atoms with Crippen molar-refractivity contribution in [2.24, 2.45) is 0 Å². The van der Waals surface area contributed by atoms with Crippen molar-refractivity contribution >= 4 is 87.2 Å². The standard InChI is InChI=1S/C91H79N7/c1-88(2,3)59-39-43-77-67(51-59)63-31-19-23-35-73(63)95(77)83-81(57-47-49-92-50-48-57)84(96-74-36-24-20-32-64(74)68-52-60(89(4,5)6)40-44-78(68)96)86(98-76-38-26-22-34-66(76)70-54-62(91(10,11)12)42-46-80(70)98)85(97-75-37-25-21-33-65(75)69-53-61(90(7,8)9)41-45-79(69)97)82(83)72-55-71(56-27-15-13-16-28-56)93-87(94-72)58-29-17-14-18-30-58/h13-55H,1-12H3. The Morgan fingerprint density at radius 3 is 0.918 bits per heavy atom. The van der Waals surface area contributed by atoms with Crippen LogP contribution in [0.3, 0.4) is 0 Å². The van der Waals surface area contributed by atoms with Crippen LogP contribution in [0, 0.1) is 0 Å². The highest BCUT2D eigenvalue weighted by molar-refractivity contribution is 6.19. The number of rotatable bonds is 8. The number of aromatic nitrogens is 7. The van der Waals surface area contributed by atoms with Crippen molar-refractivity contribution in [3.05, 3.63) is 283 Å². The number of pyridine rings is 1. The van der Waals surface area contributed by atoms with Gasteiger partial charge in [0.1, 0.15) is 0 Å². The molecule has 0 radical (unpaired) electrons. The molecule has 0 aliphatic carbocycles. The first-order chi connectivity index (χ1) is 47.2. The van der Waals surface area contributed by atoms with Crippen molar-refractivity contribution in [1.82, 2.24) is 33.2 Å². The number of para-hydroxylation sites is 4. The Balaban J connectivity index is 1.25. The number of hydrogen-bond donors (Lipinski definition) is 0. The highest BCUT2D eigenvalue weighted by Gasteiger charge is 2.37. The summed E-state index contributed by atoms with van der Waals surface area (Å²) in [5, 5.41) is 9.31. The smallest absolute Gasteiger partial charge is 0.160 e. The molecule has 98 heavy (non-hydrogen) atoms. The summed E-state index contributed by atoms with van der Waals surface area (Å²) < 4.78 is 10.5. The molecular weight excluding hydrogens is 1190 g/mol. The maximum atomic E-state index is 6.13. The van der Waals surface area contributed by atoms with Gasteiger partial charge in [-0.3, -0.25) is 4.98 Å². The molecular formula is C91H79N7. The number of fused-ring (bicyclic) bond motifs is 12. The van der Waals surface area contributed by atoms with Gasteiger partial charge < -0.3 is 18.3 Å². The minimum absolute atomic E-state index is 0.136. The van der Waals surface area contributed by atoms with Gasteiger partial charge in [0.15, 0.2) is 5.82 Å². The SMILES string of the molecule is CC(C)(C)c1ccc2c(c1)c1ccccc1n2-c1c(-c2ccncc2)c(-n2c3ccccc3c3cc(C(C)(C)C)ccc32)c(-n2c3ccccc3c3cc(C(C)(C)C)ccc32)c(-n2c3ccccc3c3cc(C(C)(C)C)ccc32)c1-c1cc(-c2ccccc2)nc(-c2ccccc2)n1. The molecule has 6 aromatic heterocycles. The lowest BCUT2D eigenvalue weighted by molar-refractivity contribution is 0.591. The zero-order valence-electron chi connectivity index (χ0n) is 58.0. The quantitative estimate of drug-likeness (QED) is 0.152. The Hall–Kier alpha value is -11.2. The van der Waals surface area contributed by atoms with Gasteiger partial charge in [0.2, 0.25) is 0 Å². The van der Waals surface area contributed by atoms with E-state index in [1.54, 1.807) is 0 Å². The first-order valence-corrected chi connectivity index (χ1v) is 34.5. The second-order valence-electron chi connectivity index (χ2n) is 30.9. The molecule has 7 nitrogen and oxygen atoms in total. The van der Waals surface area contributed by atoms with Crippen molar-refractivity contribution in [3.63, 3.8) is 0 Å². The molecule has 0 saturated heterocycles. The number of benzene rings is 11. The van der Waals surface area contributed by atoms with E-state index in [2.05, 4.69) is 350 Å². The van der Waals surface area contributed by atoms with E-state index in [0.717, 1.165) is 122 Å². The first-order valence-electron chi connectivity index (χ1n) is 34.5. The Bertz CT molecular complexity index is 6010. The lowest BCUT2D eigenvalue weighted by atomic mass is 9.86. The van der Waals surface area contributed by atoms with Crippen molar-refractivity contribution in [3.8, 4) is 67.8 Å². The third-order valence-corrected chi connectivity index (χ3v) is 20.5. The number of hydrogen-bond acceptors (Lipinski definition) is 3. The molecule has 478 valence electrons. The second kappa shape index (κ2) is 22.2. The van der Waals surface area contributed by atoms with Crippen molar-refractivity contribution < 1.29 is 0 Å². The summed E-state index contributed by atoms with van der Waals surface area (Å²) in [5.74, 6) is 0.618. The molecule has 6 heterocycles. The molecule has 0 amide bonds. The average Bonchev–Trinajstić information content (AvgIpc) is 1.43. The monoisotopic (exact) mass is 1270 g/mol. The van der Waals surface area contributed by atoms with E-state index in [0.29, 0.717) is 5.82 Å². The maximum absolute atomic E-state index is 6.13. The third-order valence-electron chi connectivity index (χ3n) is 20.5. The van der Waals surface area contributed by atoms with Crippen LogP contribution in [0.5, 0.6) is 0 Å². The van der Waals surface area contributed by atoms with Crippen LogP contribution < -0.4 is 0 Å². The molecule has 11 aromatic carbocycles. The number of nitrogens with zero attached hydrogens (tertiary/aromatic N) is 7. The summed E-state index contributed by atoms with van der Waals surface area (Å²) in [4.78, 5) is 16.6. The molecule has 0 fully saturated rings. The van der Waals surface area contributed by atoms with E-state index in [9.17, 15) is 0 Å². The van der Waals surface area contributed by atoms with Crippen molar-refractivity contribution in [2.45, 2.75) is 105 Å². The lowest BCUT2D eigenvalue weighted by Crippen LogP contribution is -2.17. The molecule has 7 heteroatoms. The first kappa shape index (κ1) is 60.5. The maximum Gasteiger partial charge on any atom is 0.160 e. The third kappa shape index (κ3) is 9.63. The van der Waals surface area contributed by atoms with Gasteiger partial charge in [0, 0.05) is 72.2 Å². The van der Waals surface area contributed by atoms with E-state index < -0.39 is 0 Å². The van der Waals surface area contributed by atoms with Crippen LogP contribution in [-0.4, -0.2) is 33.2 Å². The summed E-state index contributed by atoms with van der Waals surface area (Å²) in [6.07, 6.45) is 3.94. The largest absolute Gasteiger partial charge is 0.308 e. The minimum atomic E-state index is -0.148. The molecule has 0 atom stereocenters. The molecule has 0 unspecified atom stereocenters. The summed E-state index contributed by atoms with van der Waals surface area (Å²) in [5.41, 5.74) is 23.3. The van der Waals surface area contributed by atoms with E-state index in [1.807, 2.05) is 12.4 Å². The Morgan fingerprint density at radius 1 is 0.235 bits per heavy atom. The molecule has 0 bridgehead atoms. The summed E-state index contributed by atoms with van der Waals surface area (Å²) in [7, 11) is 0. The van der Waals surface area contributed by atoms with Crippen LogP contribution >= 0.6 is 0 Å². The highest BCUT2D eigenvalue weighted by Crippen LogP contribution is 2.55. The summed E-state index contributed by atoms with van der Waals surface area (Å²) in [6.45, 7) is 27.9. The Kier molecular flexibility index (Phi) is 13.7. The van der Waals surface area contributed by atoms with Crippen molar-refractivity contribution in [2.75, 3.05) is 0 Å². The van der Waals surface area contributed by atoms with Crippen LogP contribution in [0.1, 0.15) is 105 Å². The van der Waals surface area contributed by atoms with E-state index in [1.165, 1.54) is 49.2 Å². The Labute approximate surface area is 573 Å². The fourth-order valence-electron chi connectivity index (χ4n) is 15.4. The van der Waals surface area contributed by atoms with Crippen LogP contribution in [-0.2, 0) is 21.7 Å². The lowest BCUT2D eigenvalue weighted by Gasteiger charge is -2.31. The van der Waals surface area contributed by atoms with Gasteiger partial charge >= 0.3 is 0 Å². The molecule has 0 aliphatic heterocycles. The van der Waals surface area contributed by atoms with Gasteiger partial charge in [-0.2, -0.15) is 0 Å². The van der Waals surface area contributed by atoms with Gasteiger partial charge in [-0.25, -0.2) is 9.97 Å². The molecule has 17 rings (SSSR count). The van der Waals surface area contributed by atoms with Gasteiger partial charge in [0.25, 0.3) is 0 Å². The van der Waals surface area contributed by atoms with Crippen LogP contribution in [0.25, 0.3) is 155 Å². The van der Waals surface area contributed by atoms with Crippen LogP contribution in [0.4, 0.5) is 0 Å². The predicted molar refractivity (Wildman–Crippen MR) is 414 cm³/mol. The second-order valence-corrected chi connectivity index (χ2v) is 30.9. The molecule has 17 aromatic rings. The Morgan fingerprint density at radius 2 is 0.541 bits per heavy atom. The fraction of sp³-hybridized carbons (Fsp3) is 0.176. The molecule has 0 aliphatic rings. The van der Waals surface area contributed by atoms with E-state index in [-0.39, 0.29) is 21.7 Å². The average molecular weight is 1270 g/mol. The van der Waals surface area contributed by atoms with Gasteiger partial charge in [0.05, 0.1) is 83.8 Å². The zero-order valence-corrected chi connectivity index (χ0v) is 58.0. The van der Waals surface area contributed by atoms with E-state index in [4.69, 9.17) is 15.0 Å². The zero-order chi connectivity index (χ0) is 67.3. The fourth-order valence-corrected chi connectivity index (χ4v) is 15.4. The van der Waals surface area contributed by atoms with Gasteiger partial charge in [-0.15, -0.1) is 0 Å². The molecule has 0 saturated carbocycles. The molecule has 0 spiro atoms. The topological polar surface area (TPSA) is 58.4 Å². The highest BCUT2D eigenvalue weighted by atomic mass is 15.1. The van der Waals surface area contributed by atoms with Crippen LogP contribution in [0.15, 0.2) is 261 Å². The van der Waals surface area contributed by atoms with Gasteiger partial charge in [-0.1, -0.05) is 241 Å². The van der Waals surface area contributed by atoms with Crippen molar-refractivity contribution in [1.29, 1.82) is 0 Å². The summed E-state index contributed by atoms with van der Waals surface area (Å²) in [6, 6.07) is 93.1. The van der Waals surface area contributed by atoms with Gasteiger partial charge in [-0.05, 0) is 140 Å². The normalized spacial score (nSPS) is 12.7. The predicted octanol–water partition coefficient (Wildman–Crippen LogP) is 24.1. The minimum Gasteiger partial charge on any atom is -0.308 e. The van der Waals surface area contributed by atoms with E-state index >= 15 is 0 Å². The van der Waals surface area contributed by atoms with Crippen LogP contribution in [0.2, 0.25) is 0 Å². The molecule has 0 N–H and O–H groups in total. The summed E-state index contributed by atoms with van der Waals surface area (Å²) >= 11 is 0.